The fraction of sp³-hybridized carbons (Fsp3) is 0.273. The van der Waals surface area contributed by atoms with Gasteiger partial charge in [0.2, 0.25) is 0 Å². The predicted octanol–water partition coefficient (Wildman–Crippen LogP) is 1.54. The van der Waals surface area contributed by atoms with E-state index in [0.29, 0.717) is 23.5 Å². The first-order valence-corrected chi connectivity index (χ1v) is 4.72. The molecule has 0 aliphatic carbocycles. The highest BCUT2D eigenvalue weighted by Crippen LogP contribution is 2.25. The molecule has 0 aromatic heterocycles. The average Bonchev–Trinajstić information content (AvgIpc) is 2.34. The fourth-order valence-corrected chi connectivity index (χ4v) is 1.25. The van der Waals surface area contributed by atoms with Gasteiger partial charge in [-0.2, -0.15) is 0 Å². The lowest BCUT2D eigenvalue weighted by atomic mass is 10.2. The lowest BCUT2D eigenvalue weighted by Crippen LogP contribution is -2.06. The molecule has 0 saturated heterocycles. The monoisotopic (exact) mass is 222 g/mol. The maximum Gasteiger partial charge on any atom is 0.337 e. The maximum absolute atomic E-state index is 11.3. The van der Waals surface area contributed by atoms with E-state index in [1.807, 2.05) is 0 Å². The summed E-state index contributed by atoms with van der Waals surface area (Å²) in [6.45, 7) is 0.376. The number of esters is 1. The zero-order chi connectivity index (χ0) is 12.0. The third-order valence-corrected chi connectivity index (χ3v) is 2.02. The van der Waals surface area contributed by atoms with E-state index in [4.69, 9.17) is 10.1 Å². The first-order valence-electron chi connectivity index (χ1n) is 4.72. The summed E-state index contributed by atoms with van der Waals surface area (Å²) in [5.74, 6) is 0.218. The molecule has 0 atom stereocenters. The van der Waals surface area contributed by atoms with E-state index in [1.165, 1.54) is 13.3 Å². The summed E-state index contributed by atoms with van der Waals surface area (Å²) < 4.78 is 9.74. The topological polar surface area (TPSA) is 71.4 Å². The molecule has 86 valence electrons. The lowest BCUT2D eigenvalue weighted by molar-refractivity contribution is 0.0601. The van der Waals surface area contributed by atoms with Crippen molar-refractivity contribution in [2.24, 2.45) is 0 Å². The number of ether oxygens (including phenoxy) is 2. The number of carbonyl (C=O) groups is 1. The molecular formula is C11H14N2O3. The molecule has 2 N–H and O–H groups in total. The van der Waals surface area contributed by atoms with E-state index >= 15 is 0 Å². The van der Waals surface area contributed by atoms with E-state index < -0.39 is 5.97 Å². The van der Waals surface area contributed by atoms with E-state index in [2.05, 4.69) is 10.1 Å². The summed E-state index contributed by atoms with van der Waals surface area (Å²) in [5.41, 5.74) is 1.10. The number of rotatable bonds is 5. The summed E-state index contributed by atoms with van der Waals surface area (Å²) in [6, 6.07) is 4.94. The van der Waals surface area contributed by atoms with Crippen molar-refractivity contribution in [3.63, 3.8) is 0 Å². The summed E-state index contributed by atoms with van der Waals surface area (Å²) >= 11 is 0. The van der Waals surface area contributed by atoms with Crippen LogP contribution in [0.5, 0.6) is 5.75 Å². The van der Waals surface area contributed by atoms with Crippen LogP contribution in [0.4, 0.5) is 5.69 Å². The Hall–Kier alpha value is -2.04. The standard InChI is InChI=1S/C11H14N2O3/c1-15-10-4-3-8(11(14)16-2)7-9(10)13-6-5-12/h3-5,7,12-13H,6H2,1-2H3. The number of anilines is 1. The van der Waals surface area contributed by atoms with E-state index in [-0.39, 0.29) is 0 Å². The van der Waals surface area contributed by atoms with Crippen LogP contribution in [0.25, 0.3) is 0 Å². The predicted molar refractivity (Wildman–Crippen MR) is 61.6 cm³/mol. The molecule has 1 aromatic rings. The van der Waals surface area contributed by atoms with Crippen molar-refractivity contribution in [1.82, 2.24) is 0 Å². The highest BCUT2D eigenvalue weighted by Gasteiger charge is 2.09. The second-order valence-electron chi connectivity index (χ2n) is 2.99. The first kappa shape index (κ1) is 12.0. The van der Waals surface area contributed by atoms with Gasteiger partial charge in [-0.05, 0) is 18.2 Å². The van der Waals surface area contributed by atoms with Crippen molar-refractivity contribution in [2.75, 3.05) is 26.1 Å². The van der Waals surface area contributed by atoms with Gasteiger partial charge in [-0.3, -0.25) is 0 Å². The number of benzene rings is 1. The summed E-state index contributed by atoms with van der Waals surface area (Å²) in [5, 5.41) is 9.89. The maximum atomic E-state index is 11.3. The quantitative estimate of drug-likeness (QED) is 0.585. The Morgan fingerprint density at radius 3 is 2.81 bits per heavy atom. The molecule has 5 heteroatoms. The number of methoxy groups -OCH3 is 2. The Morgan fingerprint density at radius 1 is 1.50 bits per heavy atom. The Labute approximate surface area is 93.9 Å². The van der Waals surface area contributed by atoms with Crippen LogP contribution in [0.3, 0.4) is 0 Å². The molecule has 0 amide bonds. The van der Waals surface area contributed by atoms with Crippen LogP contribution < -0.4 is 10.1 Å². The molecule has 0 spiro atoms. The van der Waals surface area contributed by atoms with Crippen molar-refractivity contribution in [1.29, 1.82) is 5.41 Å². The van der Waals surface area contributed by atoms with Gasteiger partial charge in [-0.1, -0.05) is 0 Å². The third kappa shape index (κ3) is 2.73. The van der Waals surface area contributed by atoms with Crippen LogP contribution in [0.15, 0.2) is 18.2 Å². The van der Waals surface area contributed by atoms with Gasteiger partial charge >= 0.3 is 5.97 Å². The van der Waals surface area contributed by atoms with Gasteiger partial charge in [-0.25, -0.2) is 4.79 Å². The Morgan fingerprint density at radius 2 is 2.25 bits per heavy atom. The number of hydrogen-bond donors (Lipinski definition) is 2. The summed E-state index contributed by atoms with van der Waals surface area (Å²) in [7, 11) is 2.87. The molecule has 0 aliphatic heterocycles. The molecule has 0 unspecified atom stereocenters. The van der Waals surface area contributed by atoms with Crippen molar-refractivity contribution < 1.29 is 14.3 Å². The molecule has 0 bridgehead atoms. The number of nitrogens with one attached hydrogen (secondary N) is 2. The first-order chi connectivity index (χ1) is 7.72. The summed E-state index contributed by atoms with van der Waals surface area (Å²) in [6.07, 6.45) is 1.23. The SMILES string of the molecule is COC(=O)c1ccc(OC)c(NCC=N)c1. The van der Waals surface area contributed by atoms with Gasteiger partial charge in [0.1, 0.15) is 5.75 Å². The minimum absolute atomic E-state index is 0.376. The number of hydrogen-bond acceptors (Lipinski definition) is 5. The van der Waals surface area contributed by atoms with E-state index in [1.54, 1.807) is 25.3 Å². The van der Waals surface area contributed by atoms with Crippen LogP contribution in [0.2, 0.25) is 0 Å². The van der Waals surface area contributed by atoms with Crippen LogP contribution in [0.1, 0.15) is 10.4 Å². The van der Waals surface area contributed by atoms with Crippen molar-refractivity contribution in [3.8, 4) is 5.75 Å². The van der Waals surface area contributed by atoms with Crippen LogP contribution in [-0.2, 0) is 4.74 Å². The van der Waals surface area contributed by atoms with Gasteiger partial charge < -0.3 is 20.2 Å². The largest absolute Gasteiger partial charge is 0.495 e. The van der Waals surface area contributed by atoms with Crippen LogP contribution in [0, 0.1) is 5.41 Å². The molecule has 5 nitrogen and oxygen atoms in total. The average molecular weight is 222 g/mol. The number of carbonyl (C=O) groups excluding carboxylic acids is 1. The molecule has 1 rings (SSSR count). The molecular weight excluding hydrogens is 208 g/mol. The molecule has 1 aromatic carbocycles. The van der Waals surface area contributed by atoms with Gasteiger partial charge in [0.05, 0.1) is 25.5 Å². The molecule has 0 radical (unpaired) electrons. The van der Waals surface area contributed by atoms with Crippen molar-refractivity contribution in [2.45, 2.75) is 0 Å². The van der Waals surface area contributed by atoms with Crippen LogP contribution >= 0.6 is 0 Å². The molecule has 0 heterocycles. The summed E-state index contributed by atoms with van der Waals surface area (Å²) in [4.78, 5) is 11.3. The molecule has 0 aliphatic rings. The van der Waals surface area contributed by atoms with Gasteiger partial charge in [-0.15, -0.1) is 0 Å². The highest BCUT2D eigenvalue weighted by atomic mass is 16.5. The molecule has 0 saturated carbocycles. The third-order valence-electron chi connectivity index (χ3n) is 2.02. The Bertz CT molecular complexity index is 391. The minimum atomic E-state index is -0.402. The zero-order valence-electron chi connectivity index (χ0n) is 9.24. The van der Waals surface area contributed by atoms with Gasteiger partial charge in [0.25, 0.3) is 0 Å². The van der Waals surface area contributed by atoms with Crippen molar-refractivity contribution >= 4 is 17.9 Å². The highest BCUT2D eigenvalue weighted by molar-refractivity contribution is 5.91. The molecule has 0 fully saturated rings. The fourth-order valence-electron chi connectivity index (χ4n) is 1.25. The van der Waals surface area contributed by atoms with E-state index in [9.17, 15) is 4.79 Å². The van der Waals surface area contributed by atoms with Gasteiger partial charge in [0.15, 0.2) is 0 Å². The smallest absolute Gasteiger partial charge is 0.337 e. The van der Waals surface area contributed by atoms with Gasteiger partial charge in [0, 0.05) is 12.8 Å². The normalized spacial score (nSPS) is 9.38. The lowest BCUT2D eigenvalue weighted by Gasteiger charge is -2.10. The zero-order valence-corrected chi connectivity index (χ0v) is 9.24. The second-order valence-corrected chi connectivity index (χ2v) is 2.99. The minimum Gasteiger partial charge on any atom is -0.495 e. The Balaban J connectivity index is 3.00. The van der Waals surface area contributed by atoms with Crippen molar-refractivity contribution in [3.05, 3.63) is 23.8 Å². The van der Waals surface area contributed by atoms with E-state index in [0.717, 1.165) is 0 Å². The Kier molecular flexibility index (Phi) is 4.32. The molecule has 16 heavy (non-hydrogen) atoms. The van der Waals surface area contributed by atoms with Crippen LogP contribution in [-0.4, -0.2) is 32.9 Å². The second kappa shape index (κ2) is 5.75.